The fraction of sp³-hybridized carbons (Fsp3) is 0.500. The lowest BCUT2D eigenvalue weighted by molar-refractivity contribution is 0.142. The number of aliphatic hydroxyl groups is 1. The first-order valence-electron chi connectivity index (χ1n) is 5.29. The third kappa shape index (κ3) is 2.70. The van der Waals surface area contributed by atoms with E-state index >= 15 is 0 Å². The molecule has 1 atom stereocenters. The van der Waals surface area contributed by atoms with Crippen LogP contribution in [0.2, 0.25) is 5.02 Å². The van der Waals surface area contributed by atoms with E-state index in [1.807, 2.05) is 6.07 Å². The molecule has 1 aliphatic carbocycles. The van der Waals surface area contributed by atoms with Gasteiger partial charge in [0.1, 0.15) is 5.82 Å². The van der Waals surface area contributed by atoms with Crippen LogP contribution in [0.25, 0.3) is 0 Å². The Morgan fingerprint density at radius 3 is 2.87 bits per heavy atom. The van der Waals surface area contributed by atoms with Gasteiger partial charge in [0.15, 0.2) is 0 Å². The summed E-state index contributed by atoms with van der Waals surface area (Å²) >= 11 is 5.82. The molecule has 0 aliphatic heterocycles. The van der Waals surface area contributed by atoms with Crippen molar-refractivity contribution in [2.75, 3.05) is 0 Å². The monoisotopic (exact) mass is 228 g/mol. The number of rotatable bonds is 4. The summed E-state index contributed by atoms with van der Waals surface area (Å²) in [7, 11) is 0. The Morgan fingerprint density at radius 1 is 1.47 bits per heavy atom. The summed E-state index contributed by atoms with van der Waals surface area (Å²) < 4.78 is 13.1. The molecule has 1 saturated carbocycles. The molecule has 1 nitrogen and oxygen atoms in total. The van der Waals surface area contributed by atoms with Gasteiger partial charge in [-0.15, -0.1) is 0 Å². The average Bonchev–Trinajstić information content (AvgIpc) is 3.03. The van der Waals surface area contributed by atoms with Gasteiger partial charge >= 0.3 is 0 Å². The van der Waals surface area contributed by atoms with Crippen molar-refractivity contribution < 1.29 is 9.50 Å². The van der Waals surface area contributed by atoms with Gasteiger partial charge in [-0.3, -0.25) is 0 Å². The van der Waals surface area contributed by atoms with Gasteiger partial charge in [0, 0.05) is 0 Å². The lowest BCUT2D eigenvalue weighted by atomic mass is 10.0. The molecule has 1 fully saturated rings. The number of aryl methyl sites for hydroxylation is 1. The normalized spacial score (nSPS) is 17.8. The van der Waals surface area contributed by atoms with Crippen LogP contribution in [0.1, 0.15) is 24.8 Å². The molecule has 3 heteroatoms. The first-order chi connectivity index (χ1) is 7.18. The summed E-state index contributed by atoms with van der Waals surface area (Å²) in [6.07, 6.45) is 3.32. The van der Waals surface area contributed by atoms with Crippen LogP contribution < -0.4 is 0 Å². The zero-order valence-electron chi connectivity index (χ0n) is 8.42. The Bertz CT molecular complexity index is 349. The van der Waals surface area contributed by atoms with Gasteiger partial charge < -0.3 is 5.11 Å². The van der Waals surface area contributed by atoms with Gasteiger partial charge in [-0.25, -0.2) is 4.39 Å². The van der Waals surface area contributed by atoms with E-state index in [1.54, 1.807) is 6.07 Å². The molecule has 0 bridgehead atoms. The molecule has 1 aromatic rings. The van der Waals surface area contributed by atoms with Crippen molar-refractivity contribution in [1.82, 2.24) is 0 Å². The number of hydrogen-bond acceptors (Lipinski definition) is 1. The molecule has 2 rings (SSSR count). The molecule has 0 heterocycles. The highest BCUT2D eigenvalue weighted by molar-refractivity contribution is 6.31. The summed E-state index contributed by atoms with van der Waals surface area (Å²) in [6.45, 7) is 0. The summed E-state index contributed by atoms with van der Waals surface area (Å²) in [4.78, 5) is 0. The van der Waals surface area contributed by atoms with E-state index in [1.165, 1.54) is 6.07 Å². The summed E-state index contributed by atoms with van der Waals surface area (Å²) in [5.74, 6) is 0.0902. The van der Waals surface area contributed by atoms with Crippen LogP contribution in [-0.2, 0) is 6.42 Å². The molecule has 82 valence electrons. The molecule has 1 N–H and O–H groups in total. The van der Waals surface area contributed by atoms with Crippen LogP contribution in [0.5, 0.6) is 0 Å². The quantitative estimate of drug-likeness (QED) is 0.839. The molecule has 1 unspecified atom stereocenters. The van der Waals surface area contributed by atoms with Crippen LogP contribution in [0.4, 0.5) is 4.39 Å². The lowest BCUT2D eigenvalue weighted by Gasteiger charge is -2.09. The summed E-state index contributed by atoms with van der Waals surface area (Å²) in [5.41, 5.74) is 0.788. The summed E-state index contributed by atoms with van der Waals surface area (Å²) in [5, 5.41) is 9.87. The number of benzene rings is 1. The highest BCUT2D eigenvalue weighted by atomic mass is 35.5. The molecule has 0 aromatic heterocycles. The second-order valence-electron chi connectivity index (χ2n) is 4.16. The molecular weight excluding hydrogens is 215 g/mol. The Balaban J connectivity index is 1.95. The van der Waals surface area contributed by atoms with Crippen LogP contribution >= 0.6 is 11.6 Å². The maximum absolute atomic E-state index is 13.1. The molecule has 0 radical (unpaired) electrons. The smallest absolute Gasteiger partial charge is 0.142 e. The first kappa shape index (κ1) is 10.9. The number of aliphatic hydroxyl groups excluding tert-OH is 1. The molecule has 0 saturated heterocycles. The molecule has 1 aromatic carbocycles. The standard InChI is InChI=1S/C12H14ClFO/c13-12-9(2-1-3-10(12)14)6-7-11(15)8-4-5-8/h1-3,8,11,15H,4-7H2. The maximum Gasteiger partial charge on any atom is 0.142 e. The average molecular weight is 229 g/mol. The minimum Gasteiger partial charge on any atom is -0.393 e. The third-order valence-corrected chi connectivity index (χ3v) is 3.33. The minimum atomic E-state index is -0.380. The van der Waals surface area contributed by atoms with Crippen molar-refractivity contribution in [2.24, 2.45) is 5.92 Å². The Morgan fingerprint density at radius 2 is 2.20 bits per heavy atom. The Labute approximate surface area is 93.9 Å². The lowest BCUT2D eigenvalue weighted by Crippen LogP contribution is -2.10. The van der Waals surface area contributed by atoms with Crippen molar-refractivity contribution in [3.8, 4) is 0 Å². The van der Waals surface area contributed by atoms with Crippen molar-refractivity contribution in [1.29, 1.82) is 0 Å². The minimum absolute atomic E-state index is 0.195. The highest BCUT2D eigenvalue weighted by Crippen LogP contribution is 2.34. The molecule has 0 spiro atoms. The van der Waals surface area contributed by atoms with Crippen molar-refractivity contribution in [3.05, 3.63) is 34.6 Å². The van der Waals surface area contributed by atoms with Crippen LogP contribution in [0.3, 0.4) is 0 Å². The molecule has 0 amide bonds. The number of hydrogen-bond donors (Lipinski definition) is 1. The van der Waals surface area contributed by atoms with Crippen molar-refractivity contribution in [3.63, 3.8) is 0 Å². The van der Waals surface area contributed by atoms with E-state index in [-0.39, 0.29) is 16.9 Å². The van der Waals surface area contributed by atoms with Gasteiger partial charge in [0.25, 0.3) is 0 Å². The molecular formula is C12H14ClFO. The predicted molar refractivity (Wildman–Crippen MR) is 58.5 cm³/mol. The first-order valence-corrected chi connectivity index (χ1v) is 5.67. The fourth-order valence-corrected chi connectivity index (χ4v) is 1.98. The highest BCUT2D eigenvalue weighted by Gasteiger charge is 2.29. The van der Waals surface area contributed by atoms with Crippen molar-refractivity contribution >= 4 is 11.6 Å². The van der Waals surface area contributed by atoms with Gasteiger partial charge in [-0.2, -0.15) is 0 Å². The maximum atomic E-state index is 13.1. The van der Waals surface area contributed by atoms with E-state index in [4.69, 9.17) is 11.6 Å². The van der Waals surface area contributed by atoms with E-state index in [2.05, 4.69) is 0 Å². The Kier molecular flexibility index (Phi) is 3.27. The zero-order chi connectivity index (χ0) is 10.8. The second-order valence-corrected chi connectivity index (χ2v) is 4.53. The molecule has 15 heavy (non-hydrogen) atoms. The number of halogens is 2. The van der Waals surface area contributed by atoms with Gasteiger partial charge in [0.2, 0.25) is 0 Å². The third-order valence-electron chi connectivity index (χ3n) is 2.91. The van der Waals surface area contributed by atoms with E-state index < -0.39 is 0 Å². The van der Waals surface area contributed by atoms with Crippen LogP contribution in [-0.4, -0.2) is 11.2 Å². The second kappa shape index (κ2) is 4.50. The molecule has 1 aliphatic rings. The van der Waals surface area contributed by atoms with Crippen LogP contribution in [0, 0.1) is 11.7 Å². The largest absolute Gasteiger partial charge is 0.393 e. The van der Waals surface area contributed by atoms with E-state index in [0.29, 0.717) is 18.8 Å². The van der Waals surface area contributed by atoms with Gasteiger partial charge in [-0.1, -0.05) is 23.7 Å². The SMILES string of the molecule is OC(CCc1cccc(F)c1Cl)C1CC1. The van der Waals surface area contributed by atoms with E-state index in [9.17, 15) is 9.50 Å². The fourth-order valence-electron chi connectivity index (χ4n) is 1.76. The van der Waals surface area contributed by atoms with Gasteiger partial charge in [0.05, 0.1) is 11.1 Å². The van der Waals surface area contributed by atoms with Crippen LogP contribution in [0.15, 0.2) is 18.2 Å². The topological polar surface area (TPSA) is 20.2 Å². The zero-order valence-corrected chi connectivity index (χ0v) is 9.17. The summed E-state index contributed by atoms with van der Waals surface area (Å²) in [6, 6.07) is 4.81. The van der Waals surface area contributed by atoms with Crippen molar-refractivity contribution in [2.45, 2.75) is 31.8 Å². The predicted octanol–water partition coefficient (Wildman–Crippen LogP) is 3.18. The van der Waals surface area contributed by atoms with E-state index in [0.717, 1.165) is 18.4 Å². The Hall–Kier alpha value is -0.600. The van der Waals surface area contributed by atoms with Gasteiger partial charge in [-0.05, 0) is 43.2 Å².